The Morgan fingerprint density at radius 3 is 3.08 bits per heavy atom. The highest BCUT2D eigenvalue weighted by Crippen LogP contribution is 2.23. The van der Waals surface area contributed by atoms with Crippen molar-refractivity contribution in [3.8, 4) is 0 Å². The molecule has 0 N–H and O–H groups in total. The number of hydrogen-bond donors (Lipinski definition) is 0. The minimum Gasteiger partial charge on any atom is -0.292 e. The van der Waals surface area contributed by atoms with Crippen LogP contribution < -0.4 is 0 Å². The lowest BCUT2D eigenvalue weighted by molar-refractivity contribution is 0.0989. The van der Waals surface area contributed by atoms with Crippen LogP contribution in [0.2, 0.25) is 0 Å². The second-order valence-electron chi connectivity index (χ2n) is 2.91. The highest BCUT2D eigenvalue weighted by molar-refractivity contribution is 6.02. The summed E-state index contributed by atoms with van der Waals surface area (Å²) in [6.07, 6.45) is 4.11. The second-order valence-corrected chi connectivity index (χ2v) is 2.91. The van der Waals surface area contributed by atoms with Gasteiger partial charge in [-0.15, -0.1) is 0 Å². The van der Waals surface area contributed by atoms with Crippen molar-refractivity contribution in [2.24, 2.45) is 0 Å². The van der Waals surface area contributed by atoms with E-state index in [1.165, 1.54) is 0 Å². The van der Waals surface area contributed by atoms with Gasteiger partial charge in [-0.25, -0.2) is 0 Å². The van der Waals surface area contributed by atoms with Crippen LogP contribution in [0.15, 0.2) is 24.4 Å². The average Bonchev–Trinajstić information content (AvgIpc) is 2.12. The third-order valence-electron chi connectivity index (χ3n) is 2.09. The number of ketones is 1. The van der Waals surface area contributed by atoms with E-state index in [9.17, 15) is 4.79 Å². The number of hydrogen-bond acceptors (Lipinski definition) is 2. The maximum absolute atomic E-state index is 11.3. The quantitative estimate of drug-likeness (QED) is 0.580. The molecule has 0 unspecified atom stereocenters. The zero-order valence-corrected chi connectivity index (χ0v) is 6.87. The maximum Gasteiger partial charge on any atom is 0.185 e. The molecule has 1 aromatic rings. The summed E-state index contributed by atoms with van der Waals surface area (Å²) in [5.74, 6) is 0.121. The van der Waals surface area contributed by atoms with Crippen LogP contribution in [0.4, 0.5) is 0 Å². The van der Waals surface area contributed by atoms with Crippen LogP contribution in [0.3, 0.4) is 0 Å². The molecular weight excluding hydrogens is 150 g/mol. The molecule has 2 heteroatoms. The van der Waals surface area contributed by atoms with E-state index in [0.717, 1.165) is 11.1 Å². The number of carbonyl (C=O) groups is 1. The van der Waals surface area contributed by atoms with Gasteiger partial charge in [0.05, 0.1) is 0 Å². The number of fused-ring (bicyclic) bond motifs is 1. The minimum absolute atomic E-state index is 0.121. The van der Waals surface area contributed by atoms with Gasteiger partial charge < -0.3 is 0 Å². The van der Waals surface area contributed by atoms with Crippen LogP contribution in [0, 0.1) is 0 Å². The fourth-order valence-electron chi connectivity index (χ4n) is 1.40. The van der Waals surface area contributed by atoms with Gasteiger partial charge in [0.2, 0.25) is 0 Å². The Morgan fingerprint density at radius 1 is 1.50 bits per heavy atom. The zero-order chi connectivity index (χ0) is 8.55. The van der Waals surface area contributed by atoms with E-state index in [4.69, 9.17) is 0 Å². The largest absolute Gasteiger partial charge is 0.292 e. The van der Waals surface area contributed by atoms with Crippen molar-refractivity contribution in [1.82, 2.24) is 4.98 Å². The molecule has 60 valence electrons. The summed E-state index contributed by atoms with van der Waals surface area (Å²) in [6, 6.07) is 3.79. The van der Waals surface area contributed by atoms with E-state index in [0.29, 0.717) is 12.1 Å². The number of rotatable bonds is 0. The van der Waals surface area contributed by atoms with Gasteiger partial charge in [-0.3, -0.25) is 9.78 Å². The highest BCUT2D eigenvalue weighted by Gasteiger charge is 2.16. The van der Waals surface area contributed by atoms with Crippen LogP contribution >= 0.6 is 0 Å². The van der Waals surface area contributed by atoms with E-state index in [2.05, 4.69) is 4.98 Å². The summed E-state index contributed by atoms with van der Waals surface area (Å²) in [4.78, 5) is 15.4. The van der Waals surface area contributed by atoms with E-state index >= 15 is 0 Å². The van der Waals surface area contributed by atoms with Crippen LogP contribution in [-0.4, -0.2) is 10.8 Å². The van der Waals surface area contributed by atoms with Gasteiger partial charge in [0.1, 0.15) is 5.69 Å². The first-order chi connectivity index (χ1) is 5.79. The summed E-state index contributed by atoms with van der Waals surface area (Å²) < 4.78 is 0. The molecule has 0 fully saturated rings. The lowest BCUT2D eigenvalue weighted by Gasteiger charge is -2.11. The topological polar surface area (TPSA) is 30.0 Å². The molecule has 0 amide bonds. The molecule has 0 bridgehead atoms. The second kappa shape index (κ2) is 2.55. The fraction of sp³-hybridized carbons (Fsp3) is 0.200. The van der Waals surface area contributed by atoms with Gasteiger partial charge in [0.25, 0.3) is 0 Å². The molecule has 1 aromatic heterocycles. The van der Waals surface area contributed by atoms with Gasteiger partial charge in [-0.2, -0.15) is 0 Å². The molecule has 0 saturated heterocycles. The summed E-state index contributed by atoms with van der Waals surface area (Å²) >= 11 is 0. The van der Waals surface area contributed by atoms with Crippen LogP contribution in [0.25, 0.3) is 5.57 Å². The molecule has 0 saturated carbocycles. The van der Waals surface area contributed by atoms with Gasteiger partial charge in [0, 0.05) is 18.2 Å². The summed E-state index contributed by atoms with van der Waals surface area (Å²) in [7, 11) is 0. The molecule has 0 spiro atoms. The van der Waals surface area contributed by atoms with Gasteiger partial charge in [0.15, 0.2) is 5.78 Å². The molecule has 2 nitrogen and oxygen atoms in total. The molecule has 0 aliphatic heterocycles. The lowest BCUT2D eigenvalue weighted by Crippen LogP contribution is -2.08. The van der Waals surface area contributed by atoms with Gasteiger partial charge >= 0.3 is 0 Å². The number of Topliss-reactive ketones (excluding diaryl/α,β-unsaturated/α-hetero) is 1. The van der Waals surface area contributed by atoms with Crippen molar-refractivity contribution in [2.75, 3.05) is 0 Å². The number of carbonyl (C=O) groups excluding carboxylic acids is 1. The molecule has 1 heterocycles. The molecule has 0 atom stereocenters. The third kappa shape index (κ3) is 0.961. The zero-order valence-electron chi connectivity index (χ0n) is 6.87. The fourth-order valence-corrected chi connectivity index (χ4v) is 1.40. The predicted molar refractivity (Wildman–Crippen MR) is 46.8 cm³/mol. The van der Waals surface area contributed by atoms with E-state index in [-0.39, 0.29) is 5.78 Å². The maximum atomic E-state index is 11.3. The Hall–Kier alpha value is -1.44. The molecule has 1 aliphatic rings. The predicted octanol–water partition coefficient (Wildman–Crippen LogP) is 2.07. The molecule has 12 heavy (non-hydrogen) atoms. The monoisotopic (exact) mass is 159 g/mol. The lowest BCUT2D eigenvalue weighted by atomic mass is 9.95. The first-order valence-corrected chi connectivity index (χ1v) is 3.94. The first-order valence-electron chi connectivity index (χ1n) is 3.94. The molecule has 2 rings (SSSR count). The van der Waals surface area contributed by atoms with E-state index < -0.39 is 0 Å². The Labute approximate surface area is 70.9 Å². The number of aromatic nitrogens is 1. The van der Waals surface area contributed by atoms with Crippen molar-refractivity contribution < 1.29 is 4.79 Å². The van der Waals surface area contributed by atoms with Crippen molar-refractivity contribution in [3.05, 3.63) is 35.7 Å². The average molecular weight is 159 g/mol. The highest BCUT2D eigenvalue weighted by atomic mass is 16.1. The minimum atomic E-state index is 0.121. The van der Waals surface area contributed by atoms with Crippen LogP contribution in [0.5, 0.6) is 0 Å². The van der Waals surface area contributed by atoms with Gasteiger partial charge in [-0.05, 0) is 18.6 Å². The molecule has 1 aliphatic carbocycles. The summed E-state index contributed by atoms with van der Waals surface area (Å²) in [6.45, 7) is 2.01. The normalized spacial score (nSPS) is 15.4. The summed E-state index contributed by atoms with van der Waals surface area (Å²) in [5, 5.41) is 0. The summed E-state index contributed by atoms with van der Waals surface area (Å²) in [5.41, 5.74) is 2.75. The molecular formula is C10H9NO. The SMILES string of the molecule is CC1=CCC(=O)c2ncccc21. The third-order valence-corrected chi connectivity index (χ3v) is 2.09. The number of nitrogens with zero attached hydrogens (tertiary/aromatic N) is 1. The number of allylic oxidation sites excluding steroid dienone is 2. The smallest absolute Gasteiger partial charge is 0.185 e. The number of pyridine rings is 1. The Morgan fingerprint density at radius 2 is 2.33 bits per heavy atom. The Bertz CT molecular complexity index is 366. The van der Waals surface area contributed by atoms with Crippen LogP contribution in [0.1, 0.15) is 29.4 Å². The first kappa shape index (κ1) is 7.22. The Kier molecular flexibility index (Phi) is 1.54. The van der Waals surface area contributed by atoms with Crippen molar-refractivity contribution in [1.29, 1.82) is 0 Å². The van der Waals surface area contributed by atoms with E-state index in [1.54, 1.807) is 6.20 Å². The standard InChI is InChI=1S/C10H9NO/c1-7-4-5-9(12)10-8(7)3-2-6-11-10/h2-4,6H,5H2,1H3. The molecule has 0 aromatic carbocycles. The van der Waals surface area contributed by atoms with E-state index in [1.807, 2.05) is 25.1 Å². The van der Waals surface area contributed by atoms with Crippen LogP contribution in [-0.2, 0) is 0 Å². The van der Waals surface area contributed by atoms with Crippen molar-refractivity contribution in [3.63, 3.8) is 0 Å². The van der Waals surface area contributed by atoms with Crippen molar-refractivity contribution >= 4 is 11.4 Å². The van der Waals surface area contributed by atoms with Crippen molar-refractivity contribution in [2.45, 2.75) is 13.3 Å². The Balaban J connectivity index is 2.66. The molecule has 0 radical (unpaired) electrons. The van der Waals surface area contributed by atoms with Gasteiger partial charge in [-0.1, -0.05) is 12.1 Å².